The lowest BCUT2D eigenvalue weighted by Crippen LogP contribution is -1.96. The summed E-state index contributed by atoms with van der Waals surface area (Å²) in [6.07, 6.45) is 12.8. The summed E-state index contributed by atoms with van der Waals surface area (Å²) < 4.78 is 34.3. The van der Waals surface area contributed by atoms with Crippen LogP contribution in [0.3, 0.4) is 0 Å². The maximum absolute atomic E-state index is 14.3. The first-order valence-electron chi connectivity index (χ1n) is 12.5. The molecule has 0 saturated carbocycles. The van der Waals surface area contributed by atoms with Crippen molar-refractivity contribution in [2.75, 3.05) is 0 Å². The van der Waals surface area contributed by atoms with E-state index in [4.69, 9.17) is 4.74 Å². The number of benzene rings is 2. The molecule has 0 saturated heterocycles. The Hall–Kier alpha value is -2.16. The number of ether oxygens (including phenoxy) is 1. The monoisotopic (exact) mass is 442 g/mol. The summed E-state index contributed by atoms with van der Waals surface area (Å²) in [7, 11) is 0. The van der Waals surface area contributed by atoms with E-state index in [2.05, 4.69) is 38.1 Å². The number of unbranched alkanes of at least 4 members (excludes halogenated alkanes) is 8. The maximum Gasteiger partial charge on any atom is 0.161 e. The highest BCUT2D eigenvalue weighted by Crippen LogP contribution is 2.27. The summed E-state index contributed by atoms with van der Waals surface area (Å²) in [4.78, 5) is 0. The van der Waals surface area contributed by atoms with E-state index in [0.717, 1.165) is 37.7 Å². The van der Waals surface area contributed by atoms with E-state index in [0.29, 0.717) is 18.8 Å². The minimum atomic E-state index is -0.752. The zero-order valence-corrected chi connectivity index (χ0v) is 20.0. The molecule has 1 nitrogen and oxygen atoms in total. The second-order valence-electron chi connectivity index (χ2n) is 8.68. The highest BCUT2D eigenvalue weighted by atomic mass is 19.2. The highest BCUT2D eigenvalue weighted by molar-refractivity contribution is 5.61. The van der Waals surface area contributed by atoms with Gasteiger partial charge in [-0.25, -0.2) is 8.78 Å². The van der Waals surface area contributed by atoms with Gasteiger partial charge in [0.15, 0.2) is 5.83 Å². The fourth-order valence-corrected chi connectivity index (χ4v) is 3.75. The minimum Gasteiger partial charge on any atom is -0.489 e. The fraction of sp³-hybridized carbons (Fsp3) is 0.517. The third kappa shape index (κ3) is 9.97. The number of hydrogen-bond donors (Lipinski definition) is 0. The molecular formula is C29H40F2O. The molecule has 176 valence electrons. The summed E-state index contributed by atoms with van der Waals surface area (Å²) in [5.74, 6) is -0.750. The van der Waals surface area contributed by atoms with Crippen LogP contribution in [0.2, 0.25) is 0 Å². The summed E-state index contributed by atoms with van der Waals surface area (Å²) in [6.45, 7) is 4.84. The third-order valence-corrected chi connectivity index (χ3v) is 5.84. The van der Waals surface area contributed by atoms with Crippen LogP contribution in [0.1, 0.15) is 101 Å². The molecule has 2 aromatic carbocycles. The average Bonchev–Trinajstić information content (AvgIpc) is 2.83. The molecule has 0 unspecified atom stereocenters. The molecule has 0 bridgehead atoms. The van der Waals surface area contributed by atoms with Crippen molar-refractivity contribution in [1.29, 1.82) is 0 Å². The van der Waals surface area contributed by atoms with Crippen molar-refractivity contribution >= 4 is 5.83 Å². The SMILES string of the molecule is CCCCCCCC(F)=C(F)c1ccc(OCc2ccc(CCCCCCC)cc2)cc1. The van der Waals surface area contributed by atoms with Crippen LogP contribution in [-0.2, 0) is 13.0 Å². The van der Waals surface area contributed by atoms with Crippen LogP contribution in [0.25, 0.3) is 5.83 Å². The number of rotatable bonds is 16. The van der Waals surface area contributed by atoms with E-state index in [-0.39, 0.29) is 12.0 Å². The first-order chi connectivity index (χ1) is 15.6. The average molecular weight is 443 g/mol. The van der Waals surface area contributed by atoms with Gasteiger partial charge in [0, 0.05) is 12.0 Å². The molecule has 0 aliphatic carbocycles. The first kappa shape index (κ1) is 26.1. The van der Waals surface area contributed by atoms with Gasteiger partial charge in [0.2, 0.25) is 0 Å². The van der Waals surface area contributed by atoms with E-state index in [1.165, 1.54) is 37.7 Å². The Morgan fingerprint density at radius 2 is 1.22 bits per heavy atom. The van der Waals surface area contributed by atoms with Crippen molar-refractivity contribution in [3.8, 4) is 5.75 Å². The van der Waals surface area contributed by atoms with E-state index >= 15 is 0 Å². The molecule has 2 aromatic rings. The molecule has 0 aliphatic rings. The van der Waals surface area contributed by atoms with Crippen molar-refractivity contribution in [3.05, 3.63) is 71.0 Å². The Balaban J connectivity index is 1.76. The standard InChI is InChI=1S/C29H40F2O/c1-3-5-7-9-11-13-24-15-17-25(18-16-24)23-32-27-21-19-26(20-22-27)29(31)28(30)14-12-10-8-6-4-2/h15-22H,3-14,23H2,1-2H3. The third-order valence-electron chi connectivity index (χ3n) is 5.84. The molecule has 0 amide bonds. The normalized spacial score (nSPS) is 12.0. The van der Waals surface area contributed by atoms with Crippen molar-refractivity contribution in [2.24, 2.45) is 0 Å². The summed E-state index contributed by atoms with van der Waals surface area (Å²) in [5, 5.41) is 0. The van der Waals surface area contributed by atoms with E-state index in [9.17, 15) is 8.78 Å². The zero-order valence-electron chi connectivity index (χ0n) is 20.0. The van der Waals surface area contributed by atoms with Gasteiger partial charge in [-0.2, -0.15) is 0 Å². The Bertz CT molecular complexity index is 778. The fourth-order valence-electron chi connectivity index (χ4n) is 3.75. The molecule has 0 aliphatic heterocycles. The molecule has 2 rings (SSSR count). The Labute approximate surface area is 193 Å². The van der Waals surface area contributed by atoms with E-state index in [1.54, 1.807) is 24.3 Å². The van der Waals surface area contributed by atoms with Crippen molar-refractivity contribution in [2.45, 2.75) is 97.5 Å². The maximum atomic E-state index is 14.3. The largest absolute Gasteiger partial charge is 0.489 e. The van der Waals surface area contributed by atoms with Crippen molar-refractivity contribution in [1.82, 2.24) is 0 Å². The molecule has 32 heavy (non-hydrogen) atoms. The number of halogens is 2. The van der Waals surface area contributed by atoms with Crippen molar-refractivity contribution < 1.29 is 13.5 Å². The molecule has 0 fully saturated rings. The first-order valence-corrected chi connectivity index (χ1v) is 12.5. The second-order valence-corrected chi connectivity index (χ2v) is 8.68. The van der Waals surface area contributed by atoms with Crippen LogP contribution in [0.15, 0.2) is 54.4 Å². The van der Waals surface area contributed by atoms with E-state index < -0.39 is 11.7 Å². The van der Waals surface area contributed by atoms with Crippen molar-refractivity contribution in [3.63, 3.8) is 0 Å². The second kappa shape index (κ2) is 15.6. The molecule has 0 radical (unpaired) electrons. The predicted molar refractivity (Wildman–Crippen MR) is 132 cm³/mol. The Morgan fingerprint density at radius 3 is 1.84 bits per heavy atom. The van der Waals surface area contributed by atoms with Gasteiger partial charge >= 0.3 is 0 Å². The summed E-state index contributed by atoms with van der Waals surface area (Å²) >= 11 is 0. The van der Waals surface area contributed by atoms with Crippen LogP contribution in [-0.4, -0.2) is 0 Å². The molecule has 0 atom stereocenters. The van der Waals surface area contributed by atoms with Gasteiger partial charge in [0.1, 0.15) is 18.2 Å². The predicted octanol–water partition coefficient (Wildman–Crippen LogP) is 9.75. The number of allylic oxidation sites excluding steroid dienone is 1. The zero-order chi connectivity index (χ0) is 23.0. The molecule has 3 heteroatoms. The Kier molecular flexibility index (Phi) is 12.7. The quantitative estimate of drug-likeness (QED) is 0.235. The lowest BCUT2D eigenvalue weighted by Gasteiger charge is -2.08. The molecule has 0 aromatic heterocycles. The van der Waals surface area contributed by atoms with Gasteiger partial charge < -0.3 is 4.74 Å². The van der Waals surface area contributed by atoms with Gasteiger partial charge in [-0.3, -0.25) is 0 Å². The minimum absolute atomic E-state index is 0.169. The molecule has 0 N–H and O–H groups in total. The van der Waals surface area contributed by atoms with Crippen LogP contribution in [0, 0.1) is 0 Å². The lowest BCUT2D eigenvalue weighted by molar-refractivity contribution is 0.306. The molecule has 0 spiro atoms. The van der Waals surface area contributed by atoms with Gasteiger partial charge in [-0.1, -0.05) is 89.5 Å². The molecule has 0 heterocycles. The van der Waals surface area contributed by atoms with Gasteiger partial charge in [-0.05, 0) is 54.7 Å². The topological polar surface area (TPSA) is 9.23 Å². The Morgan fingerprint density at radius 1 is 0.656 bits per heavy atom. The summed E-state index contributed by atoms with van der Waals surface area (Å²) in [6, 6.07) is 15.1. The lowest BCUT2D eigenvalue weighted by atomic mass is 10.0. The summed E-state index contributed by atoms with van der Waals surface area (Å²) in [5.41, 5.74) is 2.74. The highest BCUT2D eigenvalue weighted by Gasteiger charge is 2.09. The van der Waals surface area contributed by atoms with Crippen LogP contribution in [0.5, 0.6) is 5.75 Å². The van der Waals surface area contributed by atoms with Gasteiger partial charge in [0.25, 0.3) is 0 Å². The van der Waals surface area contributed by atoms with E-state index in [1.807, 2.05) is 0 Å². The molecular weight excluding hydrogens is 402 g/mol. The van der Waals surface area contributed by atoms with Crippen LogP contribution in [0.4, 0.5) is 8.78 Å². The number of aryl methyl sites for hydroxylation is 1. The van der Waals surface area contributed by atoms with Crippen LogP contribution >= 0.6 is 0 Å². The van der Waals surface area contributed by atoms with Gasteiger partial charge in [-0.15, -0.1) is 0 Å². The smallest absolute Gasteiger partial charge is 0.161 e. The van der Waals surface area contributed by atoms with Crippen LogP contribution < -0.4 is 4.74 Å². The van der Waals surface area contributed by atoms with Gasteiger partial charge in [0.05, 0.1) is 0 Å². The number of hydrogen-bond acceptors (Lipinski definition) is 1.